The van der Waals surface area contributed by atoms with Crippen molar-refractivity contribution in [2.75, 3.05) is 19.6 Å². The van der Waals surface area contributed by atoms with Crippen LogP contribution in [0, 0.1) is 0 Å². The van der Waals surface area contributed by atoms with Crippen LogP contribution < -0.4 is 0 Å². The molecule has 0 amide bonds. The Morgan fingerprint density at radius 2 is 1.78 bits per heavy atom. The predicted octanol–water partition coefficient (Wildman–Crippen LogP) is -0.657. The first kappa shape index (κ1) is 12.2. The monoisotopic (exact) mass is 327 g/mol. The zero-order valence-corrected chi connectivity index (χ0v) is 11.8. The van der Waals surface area contributed by atoms with Crippen molar-refractivity contribution in [2.45, 2.75) is 13.8 Å². The molecule has 0 rings (SSSR count). The van der Waals surface area contributed by atoms with Crippen molar-refractivity contribution in [1.29, 1.82) is 0 Å². The fraction of sp³-hybridized carbons (Fsp3) is 0.833. The van der Waals surface area contributed by atoms with Crippen molar-refractivity contribution >= 4 is 32.5 Å². The molecular weight excluding hydrogens is 311 g/mol. The van der Waals surface area contributed by atoms with Crippen LogP contribution in [0.3, 0.4) is 0 Å². The minimum atomic E-state index is 0. The van der Waals surface area contributed by atoms with Gasteiger partial charge < -0.3 is 4.79 Å². The fourth-order valence-corrected chi connectivity index (χ4v) is 0.587. The van der Waals surface area contributed by atoms with E-state index in [1.165, 1.54) is 0 Å². The van der Waals surface area contributed by atoms with Crippen LogP contribution in [0.4, 0.5) is 0 Å². The van der Waals surface area contributed by atoms with Crippen LogP contribution >= 0.6 is 0 Å². The van der Waals surface area contributed by atoms with E-state index >= 15 is 0 Å². The van der Waals surface area contributed by atoms with Gasteiger partial charge in [-0.15, -0.1) is 0 Å². The Labute approximate surface area is 75.7 Å². The van der Waals surface area contributed by atoms with Crippen molar-refractivity contribution < 1.29 is 4.79 Å². The van der Waals surface area contributed by atoms with E-state index in [1.807, 2.05) is 13.8 Å². The van der Waals surface area contributed by atoms with Gasteiger partial charge in [0.2, 0.25) is 0 Å². The summed E-state index contributed by atoms with van der Waals surface area (Å²) in [4.78, 5) is 12.0. The molecule has 0 bridgehead atoms. The maximum absolute atomic E-state index is 9.89. The summed E-state index contributed by atoms with van der Waals surface area (Å²) in [6.07, 6.45) is 0.938. The molecule has 0 saturated carbocycles. The molecule has 2 nitrogen and oxygen atoms in total. The first-order valence-corrected chi connectivity index (χ1v) is 3.01. The Morgan fingerprint density at radius 3 is 1.89 bits per heavy atom. The van der Waals surface area contributed by atoms with Crippen LogP contribution in [-0.2, 0) is 4.79 Å². The number of aldehydes is 1. The van der Waals surface area contributed by atoms with Gasteiger partial charge >= 0.3 is 26.2 Å². The van der Waals surface area contributed by atoms with Gasteiger partial charge in [0.25, 0.3) is 0 Å². The zero-order chi connectivity index (χ0) is 6.41. The fourth-order valence-electron chi connectivity index (χ4n) is 0.587. The van der Waals surface area contributed by atoms with Gasteiger partial charge in [-0.25, -0.2) is 0 Å². The topological polar surface area (TPSA) is 20.3 Å². The van der Waals surface area contributed by atoms with Crippen molar-refractivity contribution in [3.8, 4) is 0 Å². The van der Waals surface area contributed by atoms with Crippen LogP contribution in [0.2, 0.25) is 0 Å². The molecule has 0 atom stereocenters. The molecular formula is C6H16BiNO. The van der Waals surface area contributed by atoms with E-state index in [2.05, 4.69) is 4.90 Å². The standard InChI is InChI=1S/C6H13NO.Bi.3H/c1-3-7(4-2)5-6-8;;;;/h6H,3-5H2,1-2H3;;;;. The second kappa shape index (κ2) is 8.51. The molecule has 0 aliphatic carbocycles. The Kier molecular flexibility index (Phi) is 11.6. The summed E-state index contributed by atoms with van der Waals surface area (Å²) in [6.45, 7) is 6.61. The first-order chi connectivity index (χ1) is 3.85. The van der Waals surface area contributed by atoms with Gasteiger partial charge in [0, 0.05) is 0 Å². The second-order valence-electron chi connectivity index (χ2n) is 1.65. The van der Waals surface area contributed by atoms with Gasteiger partial charge in [-0.3, -0.25) is 4.90 Å². The first-order valence-electron chi connectivity index (χ1n) is 3.01. The van der Waals surface area contributed by atoms with Crippen molar-refractivity contribution in [3.05, 3.63) is 0 Å². The molecule has 0 fully saturated rings. The Bertz CT molecular complexity index is 64.1. The molecule has 0 aromatic carbocycles. The third kappa shape index (κ3) is 6.40. The summed E-state index contributed by atoms with van der Waals surface area (Å²) in [5, 5.41) is 0. The van der Waals surface area contributed by atoms with Crippen molar-refractivity contribution in [2.24, 2.45) is 0 Å². The third-order valence-corrected chi connectivity index (χ3v) is 1.23. The molecule has 0 spiro atoms. The van der Waals surface area contributed by atoms with E-state index in [4.69, 9.17) is 0 Å². The predicted molar refractivity (Wildman–Crippen MR) is 43.8 cm³/mol. The van der Waals surface area contributed by atoms with Crippen molar-refractivity contribution in [1.82, 2.24) is 4.90 Å². The van der Waals surface area contributed by atoms with E-state index in [0.29, 0.717) is 6.54 Å². The summed E-state index contributed by atoms with van der Waals surface area (Å²) in [6, 6.07) is 0. The molecule has 3 heteroatoms. The van der Waals surface area contributed by atoms with Gasteiger partial charge in [-0.2, -0.15) is 0 Å². The Hall–Kier alpha value is 0.513. The number of nitrogens with zero attached hydrogens (tertiary/aromatic N) is 1. The summed E-state index contributed by atoms with van der Waals surface area (Å²) >= 11 is 0. The quantitative estimate of drug-likeness (QED) is 0.505. The molecule has 0 radical (unpaired) electrons. The molecule has 56 valence electrons. The van der Waals surface area contributed by atoms with E-state index in [0.717, 1.165) is 19.4 Å². The van der Waals surface area contributed by atoms with Crippen LogP contribution in [0.5, 0.6) is 0 Å². The maximum atomic E-state index is 9.89. The van der Waals surface area contributed by atoms with Gasteiger partial charge in [-0.1, -0.05) is 13.8 Å². The molecule has 0 aromatic heterocycles. The molecule has 0 aliphatic rings. The summed E-state index contributed by atoms with van der Waals surface area (Å²) in [5.74, 6) is 0. The third-order valence-electron chi connectivity index (χ3n) is 1.23. The minimum absolute atomic E-state index is 0. The number of likely N-dealkylation sites (N-methyl/N-ethyl adjacent to an activating group) is 1. The second-order valence-corrected chi connectivity index (χ2v) is 1.65. The van der Waals surface area contributed by atoms with Gasteiger partial charge in [0.15, 0.2) is 0 Å². The SMILES string of the molecule is CCN(CC)CC=O.[BiH3]. The van der Waals surface area contributed by atoms with Crippen molar-refractivity contribution in [3.63, 3.8) is 0 Å². The molecule has 0 unspecified atom stereocenters. The van der Waals surface area contributed by atoms with Crippen LogP contribution in [0.15, 0.2) is 0 Å². The summed E-state index contributed by atoms with van der Waals surface area (Å²) in [7, 11) is 0. The molecule has 0 heterocycles. The van der Waals surface area contributed by atoms with E-state index in [1.54, 1.807) is 0 Å². The molecule has 0 saturated heterocycles. The number of hydrogen-bond acceptors (Lipinski definition) is 2. The Morgan fingerprint density at radius 1 is 1.33 bits per heavy atom. The van der Waals surface area contributed by atoms with Gasteiger partial charge in [0.05, 0.1) is 6.54 Å². The van der Waals surface area contributed by atoms with E-state index in [9.17, 15) is 4.79 Å². The van der Waals surface area contributed by atoms with Gasteiger partial charge in [0.1, 0.15) is 6.29 Å². The molecule has 9 heavy (non-hydrogen) atoms. The summed E-state index contributed by atoms with van der Waals surface area (Å²) in [5.41, 5.74) is 0. The normalized spacial score (nSPS) is 8.78. The van der Waals surface area contributed by atoms with Crippen LogP contribution in [0.25, 0.3) is 0 Å². The van der Waals surface area contributed by atoms with Gasteiger partial charge in [-0.05, 0) is 13.1 Å². The number of hydrogen-bond donors (Lipinski definition) is 0. The average Bonchev–Trinajstić information content (AvgIpc) is 1.83. The van der Waals surface area contributed by atoms with Crippen LogP contribution in [-0.4, -0.2) is 57.0 Å². The summed E-state index contributed by atoms with van der Waals surface area (Å²) < 4.78 is 0. The molecule has 0 aliphatic heterocycles. The number of carbonyl (C=O) groups excluding carboxylic acids is 1. The van der Waals surface area contributed by atoms with E-state index in [-0.39, 0.29) is 26.2 Å². The number of rotatable bonds is 4. The molecule has 0 N–H and O–H groups in total. The zero-order valence-electron chi connectivity index (χ0n) is 6.26. The Balaban J connectivity index is 0. The van der Waals surface area contributed by atoms with Crippen LogP contribution in [0.1, 0.15) is 13.8 Å². The number of carbonyl (C=O) groups is 1. The van der Waals surface area contributed by atoms with E-state index < -0.39 is 0 Å². The molecule has 0 aromatic rings. The average molecular weight is 327 g/mol.